The number of nitrogens with one attached hydrogen (secondary N) is 1. The van der Waals surface area contributed by atoms with E-state index in [1.54, 1.807) is 16.7 Å². The lowest BCUT2D eigenvalue weighted by Gasteiger charge is -2.26. The van der Waals surface area contributed by atoms with E-state index in [1.165, 1.54) is 0 Å². The van der Waals surface area contributed by atoms with E-state index in [4.69, 9.17) is 9.47 Å². The van der Waals surface area contributed by atoms with Gasteiger partial charge in [-0.1, -0.05) is 18.2 Å². The van der Waals surface area contributed by atoms with Gasteiger partial charge in [0.2, 0.25) is 11.8 Å². The second-order valence-corrected chi connectivity index (χ2v) is 7.73. The first-order valence-corrected chi connectivity index (χ1v) is 10.5. The van der Waals surface area contributed by atoms with Crippen molar-refractivity contribution in [2.45, 2.75) is 17.4 Å². The maximum absolute atomic E-state index is 12.6. The van der Waals surface area contributed by atoms with E-state index in [2.05, 4.69) is 5.32 Å². The van der Waals surface area contributed by atoms with Crippen molar-refractivity contribution in [3.05, 3.63) is 48.5 Å². The number of rotatable bonds is 5. The molecule has 1 fully saturated rings. The van der Waals surface area contributed by atoms with Gasteiger partial charge in [0.05, 0.1) is 12.5 Å². The van der Waals surface area contributed by atoms with E-state index in [-0.39, 0.29) is 30.3 Å². The number of amides is 2. The summed E-state index contributed by atoms with van der Waals surface area (Å²) >= 11 is 1.63. The molecule has 2 atom stereocenters. The Morgan fingerprint density at radius 1 is 1.21 bits per heavy atom. The number of para-hydroxylation sites is 2. The zero-order valence-electron chi connectivity index (χ0n) is 15.6. The van der Waals surface area contributed by atoms with Crippen molar-refractivity contribution in [3.63, 3.8) is 0 Å². The van der Waals surface area contributed by atoms with E-state index >= 15 is 0 Å². The fraction of sp³-hybridized carbons (Fsp3) is 0.333. The van der Waals surface area contributed by atoms with Crippen LogP contribution in [0.4, 0.5) is 5.69 Å². The maximum Gasteiger partial charge on any atom is 0.227 e. The lowest BCUT2D eigenvalue weighted by molar-refractivity contribution is -0.126. The average molecular weight is 398 g/mol. The Morgan fingerprint density at radius 2 is 2.04 bits per heavy atom. The van der Waals surface area contributed by atoms with Gasteiger partial charge in [-0.15, -0.1) is 11.8 Å². The Labute approximate surface area is 168 Å². The molecule has 4 rings (SSSR count). The predicted octanol–water partition coefficient (Wildman–Crippen LogP) is 2.72. The standard InChI is InChI=1S/C21H22N2O4S/c1-28-17-6-4-5-15(10-17)23-12-14(9-20(23)24)21(25)22-11-16-13-26-18-7-2-3-8-19(18)27-16/h2-8,10,14,16H,9,11-13H2,1H3,(H,22,25)/t14-,16-/m0/s1. The van der Waals surface area contributed by atoms with Crippen molar-refractivity contribution in [3.8, 4) is 11.5 Å². The average Bonchev–Trinajstić information content (AvgIpc) is 3.13. The number of thioether (sulfide) groups is 1. The molecule has 2 amide bonds. The third kappa shape index (κ3) is 3.94. The van der Waals surface area contributed by atoms with E-state index in [0.717, 1.165) is 16.3 Å². The van der Waals surface area contributed by atoms with Crippen LogP contribution in [-0.4, -0.2) is 43.9 Å². The van der Waals surface area contributed by atoms with Crippen LogP contribution in [0.1, 0.15) is 6.42 Å². The van der Waals surface area contributed by atoms with Crippen molar-refractivity contribution in [1.82, 2.24) is 5.32 Å². The molecule has 0 aliphatic carbocycles. The van der Waals surface area contributed by atoms with Crippen molar-refractivity contribution < 1.29 is 19.1 Å². The van der Waals surface area contributed by atoms with Crippen molar-refractivity contribution >= 4 is 29.3 Å². The lowest BCUT2D eigenvalue weighted by atomic mass is 10.1. The minimum atomic E-state index is -0.359. The zero-order chi connectivity index (χ0) is 19.5. The van der Waals surface area contributed by atoms with Crippen LogP contribution in [0.5, 0.6) is 11.5 Å². The molecule has 0 aromatic heterocycles. The van der Waals surface area contributed by atoms with E-state index in [0.29, 0.717) is 25.4 Å². The van der Waals surface area contributed by atoms with Crippen LogP contribution in [0.15, 0.2) is 53.4 Å². The number of hydrogen-bond acceptors (Lipinski definition) is 5. The van der Waals surface area contributed by atoms with Gasteiger partial charge in [-0.2, -0.15) is 0 Å². The second-order valence-electron chi connectivity index (χ2n) is 6.85. The minimum Gasteiger partial charge on any atom is -0.486 e. The summed E-state index contributed by atoms with van der Waals surface area (Å²) < 4.78 is 11.5. The van der Waals surface area contributed by atoms with Crippen LogP contribution < -0.4 is 19.7 Å². The molecule has 146 valence electrons. The Hall–Kier alpha value is -2.67. The molecule has 2 aromatic rings. The summed E-state index contributed by atoms with van der Waals surface area (Å²) in [4.78, 5) is 27.8. The van der Waals surface area contributed by atoms with Gasteiger partial charge in [0, 0.05) is 23.5 Å². The summed E-state index contributed by atoms with van der Waals surface area (Å²) in [5.41, 5.74) is 0.841. The molecule has 1 N–H and O–H groups in total. The van der Waals surface area contributed by atoms with Gasteiger partial charge in [-0.25, -0.2) is 0 Å². The highest BCUT2D eigenvalue weighted by atomic mass is 32.2. The lowest BCUT2D eigenvalue weighted by Crippen LogP contribution is -2.43. The number of anilines is 1. The Kier molecular flexibility index (Phi) is 5.43. The monoisotopic (exact) mass is 398 g/mol. The molecule has 0 unspecified atom stereocenters. The number of fused-ring (bicyclic) bond motifs is 1. The Bertz CT molecular complexity index is 888. The highest BCUT2D eigenvalue weighted by Gasteiger charge is 2.35. The highest BCUT2D eigenvalue weighted by molar-refractivity contribution is 7.98. The van der Waals surface area contributed by atoms with Crippen LogP contribution in [0, 0.1) is 5.92 Å². The summed E-state index contributed by atoms with van der Waals surface area (Å²) in [5, 5.41) is 2.91. The first-order valence-electron chi connectivity index (χ1n) is 9.24. The summed E-state index contributed by atoms with van der Waals surface area (Å²) in [7, 11) is 0. The molecule has 0 spiro atoms. The number of carbonyl (C=O) groups excluding carboxylic acids is 2. The van der Waals surface area contributed by atoms with Gasteiger partial charge in [0.15, 0.2) is 11.5 Å². The molecular formula is C21H22N2O4S. The fourth-order valence-corrected chi connectivity index (χ4v) is 3.89. The number of nitrogens with zero attached hydrogens (tertiary/aromatic N) is 1. The number of carbonyl (C=O) groups is 2. The van der Waals surface area contributed by atoms with Crippen LogP contribution >= 0.6 is 11.8 Å². The van der Waals surface area contributed by atoms with E-state index < -0.39 is 0 Å². The normalized spacial score (nSPS) is 20.9. The first-order chi connectivity index (χ1) is 13.6. The topological polar surface area (TPSA) is 67.9 Å². The van der Waals surface area contributed by atoms with Crippen LogP contribution in [0.3, 0.4) is 0 Å². The molecule has 6 nitrogen and oxygen atoms in total. The van der Waals surface area contributed by atoms with Crippen molar-refractivity contribution in [2.75, 3.05) is 30.9 Å². The molecule has 0 radical (unpaired) electrons. The third-order valence-corrected chi connectivity index (χ3v) is 5.66. The maximum atomic E-state index is 12.6. The molecule has 1 saturated heterocycles. The second kappa shape index (κ2) is 8.14. The summed E-state index contributed by atoms with van der Waals surface area (Å²) in [6, 6.07) is 15.3. The van der Waals surface area contributed by atoms with Gasteiger partial charge in [0.25, 0.3) is 0 Å². The molecule has 2 aliphatic rings. The largest absolute Gasteiger partial charge is 0.486 e. The molecule has 0 bridgehead atoms. The fourth-order valence-electron chi connectivity index (χ4n) is 3.43. The zero-order valence-corrected chi connectivity index (χ0v) is 16.4. The smallest absolute Gasteiger partial charge is 0.227 e. The molecular weight excluding hydrogens is 376 g/mol. The number of ether oxygens (including phenoxy) is 2. The quantitative estimate of drug-likeness (QED) is 0.785. The number of hydrogen-bond donors (Lipinski definition) is 1. The van der Waals surface area contributed by atoms with Gasteiger partial charge < -0.3 is 19.7 Å². The predicted molar refractivity (Wildman–Crippen MR) is 108 cm³/mol. The molecule has 2 aliphatic heterocycles. The van der Waals surface area contributed by atoms with Gasteiger partial charge >= 0.3 is 0 Å². The Balaban J connectivity index is 1.33. The summed E-state index contributed by atoms with van der Waals surface area (Å²) in [5.74, 6) is 0.893. The summed E-state index contributed by atoms with van der Waals surface area (Å²) in [6.45, 7) is 1.13. The molecule has 2 heterocycles. The van der Waals surface area contributed by atoms with Crippen LogP contribution in [0.2, 0.25) is 0 Å². The van der Waals surface area contributed by atoms with Crippen LogP contribution in [0.25, 0.3) is 0 Å². The van der Waals surface area contributed by atoms with E-state index in [9.17, 15) is 9.59 Å². The van der Waals surface area contributed by atoms with Crippen LogP contribution in [-0.2, 0) is 9.59 Å². The van der Waals surface area contributed by atoms with Gasteiger partial charge in [0.1, 0.15) is 12.7 Å². The number of benzene rings is 2. The van der Waals surface area contributed by atoms with E-state index in [1.807, 2.05) is 54.8 Å². The third-order valence-electron chi connectivity index (χ3n) is 4.93. The van der Waals surface area contributed by atoms with Crippen molar-refractivity contribution in [1.29, 1.82) is 0 Å². The highest BCUT2D eigenvalue weighted by Crippen LogP contribution is 2.31. The molecule has 0 saturated carbocycles. The van der Waals surface area contributed by atoms with Gasteiger partial charge in [-0.3, -0.25) is 9.59 Å². The van der Waals surface area contributed by atoms with Gasteiger partial charge in [-0.05, 0) is 36.6 Å². The summed E-state index contributed by atoms with van der Waals surface area (Å²) in [6.07, 6.45) is 1.97. The Morgan fingerprint density at radius 3 is 2.86 bits per heavy atom. The minimum absolute atomic E-state index is 0.0235. The molecule has 7 heteroatoms. The first kappa shape index (κ1) is 18.7. The van der Waals surface area contributed by atoms with Crippen molar-refractivity contribution in [2.24, 2.45) is 5.92 Å². The molecule has 2 aromatic carbocycles. The SMILES string of the molecule is CSc1cccc(N2C[C@@H](C(=O)NC[C@H]3COc4ccccc4O3)CC2=O)c1. The molecule has 28 heavy (non-hydrogen) atoms.